The molecule has 1 heterocycles. The number of esters is 2. The summed E-state index contributed by atoms with van der Waals surface area (Å²) < 4.78 is 10.0. The number of ether oxygens (including phenoxy) is 2. The van der Waals surface area contributed by atoms with Crippen LogP contribution in [-0.2, 0) is 47.7 Å². The van der Waals surface area contributed by atoms with Crippen LogP contribution in [0.2, 0.25) is 0 Å². The third-order valence-electron chi connectivity index (χ3n) is 13.2. The summed E-state index contributed by atoms with van der Waals surface area (Å²) in [6, 6.07) is 56.8. The largest absolute Gasteiger partial charge is 0.460 e. The zero-order valence-corrected chi connectivity index (χ0v) is 46.5. The fourth-order valence-electron chi connectivity index (χ4n) is 9.51. The van der Waals surface area contributed by atoms with E-state index in [2.05, 4.69) is 57.7 Å². The third-order valence-corrected chi connectivity index (χ3v) is 16.4. The quantitative estimate of drug-likeness (QED) is 0.0281. The lowest BCUT2D eigenvalue weighted by Crippen LogP contribution is -2.59. The van der Waals surface area contributed by atoms with E-state index in [1.807, 2.05) is 152 Å². The van der Waals surface area contributed by atoms with E-state index >= 15 is 0 Å². The van der Waals surface area contributed by atoms with E-state index in [9.17, 15) is 28.8 Å². The van der Waals surface area contributed by atoms with E-state index in [0.717, 1.165) is 33.4 Å². The van der Waals surface area contributed by atoms with E-state index in [0.29, 0.717) is 12.2 Å². The normalized spacial score (nSPS) is 18.3. The lowest BCUT2D eigenvalue weighted by molar-refractivity contribution is -0.155. The molecule has 0 radical (unpaired) electrons. The van der Waals surface area contributed by atoms with Gasteiger partial charge in [0.1, 0.15) is 36.4 Å². The number of hydrogen-bond acceptors (Lipinski definition) is 10. The predicted molar refractivity (Wildman–Crippen MR) is 310 cm³/mol. The molecule has 0 saturated carbocycles. The second-order valence-corrected chi connectivity index (χ2v) is 23.0. The Bertz CT molecular complexity index is 2750. The average molecular weight is 1090 g/mol. The van der Waals surface area contributed by atoms with Gasteiger partial charge in [-0.25, -0.2) is 0 Å². The summed E-state index contributed by atoms with van der Waals surface area (Å²) in [4.78, 5) is 84.7. The number of rotatable bonds is 18. The Morgan fingerprint density at radius 2 is 1.01 bits per heavy atom. The van der Waals surface area contributed by atoms with Crippen molar-refractivity contribution in [3.05, 3.63) is 228 Å². The topological polar surface area (TPSA) is 169 Å². The first-order chi connectivity index (χ1) is 37.6. The van der Waals surface area contributed by atoms with Crippen molar-refractivity contribution in [2.24, 2.45) is 5.92 Å². The lowest BCUT2D eigenvalue weighted by Gasteiger charge is -2.37. The van der Waals surface area contributed by atoms with Gasteiger partial charge in [-0.3, -0.25) is 28.8 Å². The van der Waals surface area contributed by atoms with Crippen molar-refractivity contribution >= 4 is 59.1 Å². The van der Waals surface area contributed by atoms with Gasteiger partial charge >= 0.3 is 11.9 Å². The van der Waals surface area contributed by atoms with Gasteiger partial charge in [0.15, 0.2) is 0 Å². The minimum Gasteiger partial charge on any atom is -0.460 e. The summed E-state index contributed by atoms with van der Waals surface area (Å²) in [7, 11) is 0. The van der Waals surface area contributed by atoms with Crippen molar-refractivity contribution in [3.8, 4) is 0 Å². The van der Waals surface area contributed by atoms with Gasteiger partial charge < -0.3 is 30.7 Å². The molecular formula is C64H70N4O8S2. The highest BCUT2D eigenvalue weighted by molar-refractivity contribution is 8.00. The van der Waals surface area contributed by atoms with Crippen LogP contribution < -0.4 is 21.3 Å². The van der Waals surface area contributed by atoms with Gasteiger partial charge in [0.25, 0.3) is 0 Å². The zero-order chi connectivity index (χ0) is 55.5. The number of benzene rings is 6. The molecule has 4 atom stereocenters. The van der Waals surface area contributed by atoms with Gasteiger partial charge in [-0.1, -0.05) is 202 Å². The van der Waals surface area contributed by atoms with Crippen molar-refractivity contribution in [1.82, 2.24) is 21.3 Å². The van der Waals surface area contributed by atoms with E-state index < -0.39 is 93.8 Å². The number of carbonyl (C=O) groups excluding carboxylic acids is 6. The number of cyclic esters (lactones) is 1. The monoisotopic (exact) mass is 1090 g/mol. The van der Waals surface area contributed by atoms with Crippen LogP contribution in [0.15, 0.2) is 194 Å². The molecule has 14 heteroatoms. The summed E-state index contributed by atoms with van der Waals surface area (Å²) in [5.41, 5.74) is 5.26. The molecule has 1 saturated heterocycles. The Morgan fingerprint density at radius 1 is 0.590 bits per heavy atom. The van der Waals surface area contributed by atoms with Crippen molar-refractivity contribution in [3.63, 3.8) is 0 Å². The Labute approximate surface area is 467 Å². The first-order valence-corrected chi connectivity index (χ1v) is 28.4. The second kappa shape index (κ2) is 27.8. The lowest BCUT2D eigenvalue weighted by atomic mass is 9.84. The van der Waals surface area contributed by atoms with Crippen LogP contribution in [0.5, 0.6) is 0 Å². The van der Waals surface area contributed by atoms with Crippen LogP contribution >= 0.6 is 23.5 Å². The van der Waals surface area contributed by atoms with Crippen LogP contribution in [0, 0.1) is 5.92 Å². The molecule has 12 nitrogen and oxygen atoms in total. The maximum atomic E-state index is 14.8. The summed E-state index contributed by atoms with van der Waals surface area (Å²) in [6.07, 6.45) is 2.08. The molecule has 4 N–H and O–H groups in total. The van der Waals surface area contributed by atoms with Crippen LogP contribution in [-0.4, -0.2) is 83.4 Å². The van der Waals surface area contributed by atoms with Gasteiger partial charge in [0.05, 0.1) is 15.9 Å². The van der Waals surface area contributed by atoms with Crippen LogP contribution in [0.25, 0.3) is 0 Å². The maximum Gasteiger partial charge on any atom is 0.326 e. The standard InChI is InChI=1S/C64H70N4O8S2/c1-45(2)58-61(74)65-43-57(71)75-52(38-24-25-41-77-63(46-26-12-6-13-27-46,47-28-14-7-15-29-47)48-30-16-8-17-31-48)42-55(69)66-53(39-40-56(70)76-62(3,4)5)59(72)67-54(60(73)68-58)44-78-64(49-32-18-9-19-33-49,50-34-20-10-21-35-50)51-36-22-11-23-37-51/h6-24,26-38,45,52-54,58H,25,39-44H2,1-5H3,(H,65,74)(H,66,69)(H,67,72)(H,68,73)/t52-,53-,54-,58-/m1/s1. The molecule has 0 aromatic heterocycles. The average Bonchev–Trinajstić information content (AvgIpc) is 3.45. The summed E-state index contributed by atoms with van der Waals surface area (Å²) in [5, 5.41) is 11.3. The van der Waals surface area contributed by atoms with Gasteiger partial charge in [0.2, 0.25) is 23.6 Å². The second-order valence-electron chi connectivity index (χ2n) is 20.4. The first-order valence-electron chi connectivity index (χ1n) is 26.5. The fraction of sp³-hybridized carbons (Fsp3) is 0.312. The van der Waals surface area contributed by atoms with Gasteiger partial charge in [-0.05, 0) is 84.7 Å². The minimum atomic E-state index is -1.34. The van der Waals surface area contributed by atoms with E-state index in [4.69, 9.17) is 9.47 Å². The highest BCUT2D eigenvalue weighted by atomic mass is 32.2. The van der Waals surface area contributed by atoms with Crippen LogP contribution in [0.1, 0.15) is 93.7 Å². The van der Waals surface area contributed by atoms with Crippen molar-refractivity contribution in [1.29, 1.82) is 0 Å². The molecule has 1 aliphatic heterocycles. The zero-order valence-electron chi connectivity index (χ0n) is 44.9. The number of carbonyl (C=O) groups is 6. The summed E-state index contributed by atoms with van der Waals surface area (Å²) in [5.74, 6) is -3.96. The molecule has 4 amide bonds. The predicted octanol–water partition coefficient (Wildman–Crippen LogP) is 10.0. The highest BCUT2D eigenvalue weighted by Gasteiger charge is 2.41. The van der Waals surface area contributed by atoms with Crippen molar-refractivity contribution in [2.75, 3.05) is 18.1 Å². The van der Waals surface area contributed by atoms with Gasteiger partial charge in [-0.15, -0.1) is 23.5 Å². The molecule has 1 fully saturated rings. The molecular weight excluding hydrogens is 1020 g/mol. The minimum absolute atomic E-state index is 0.0178. The molecule has 0 spiro atoms. The van der Waals surface area contributed by atoms with E-state index in [1.54, 1.807) is 52.5 Å². The maximum absolute atomic E-state index is 14.8. The molecule has 0 aliphatic carbocycles. The fourth-order valence-corrected chi connectivity index (χ4v) is 12.5. The SMILES string of the molecule is CC(C)[C@H]1NC(=O)[C@@H](CSC(c2ccccc2)(c2ccccc2)c2ccccc2)NC(=O)[C@@H](CCC(=O)OC(C)(C)C)NC(=O)C[C@@H](C=CCCSC(c2ccccc2)(c2ccccc2)c2ccccc2)OC(=O)CNC1=O. The van der Waals surface area contributed by atoms with E-state index in [-0.39, 0.29) is 18.6 Å². The van der Waals surface area contributed by atoms with Crippen molar-refractivity contribution in [2.45, 2.75) is 99.6 Å². The molecule has 78 heavy (non-hydrogen) atoms. The molecule has 6 aromatic carbocycles. The molecule has 406 valence electrons. The van der Waals surface area contributed by atoms with Crippen LogP contribution in [0.4, 0.5) is 0 Å². The molecule has 1 aliphatic rings. The first kappa shape index (κ1) is 58.3. The summed E-state index contributed by atoms with van der Waals surface area (Å²) in [6.45, 7) is 8.18. The number of thioether (sulfide) groups is 2. The Hall–Kier alpha value is -7.42. The number of hydrogen-bond donors (Lipinski definition) is 4. The van der Waals surface area contributed by atoms with Gasteiger partial charge in [-0.2, -0.15) is 0 Å². The molecule has 0 unspecified atom stereocenters. The van der Waals surface area contributed by atoms with Crippen molar-refractivity contribution < 1.29 is 38.2 Å². The Balaban J connectivity index is 1.19. The smallest absolute Gasteiger partial charge is 0.326 e. The molecule has 6 aromatic rings. The summed E-state index contributed by atoms with van der Waals surface area (Å²) >= 11 is 3.19. The number of amides is 4. The molecule has 0 bridgehead atoms. The van der Waals surface area contributed by atoms with E-state index in [1.165, 1.54) is 11.8 Å². The highest BCUT2D eigenvalue weighted by Crippen LogP contribution is 2.50. The molecule has 7 rings (SSSR count). The Morgan fingerprint density at radius 3 is 1.44 bits per heavy atom. The van der Waals surface area contributed by atoms with Crippen LogP contribution in [0.3, 0.4) is 0 Å². The van der Waals surface area contributed by atoms with Gasteiger partial charge in [0, 0.05) is 12.2 Å². The number of nitrogens with one attached hydrogen (secondary N) is 4. The Kier molecular flexibility index (Phi) is 20.7. The number of allylic oxidation sites excluding steroid dienone is 1. The third kappa shape index (κ3) is 15.4.